The van der Waals surface area contributed by atoms with Crippen LogP contribution in [0.25, 0.3) is 0 Å². The fourth-order valence-corrected chi connectivity index (χ4v) is 1.96. The Morgan fingerprint density at radius 1 is 1.00 bits per heavy atom. The molecule has 0 aliphatic heterocycles. The highest BCUT2D eigenvalue weighted by Gasteiger charge is 2.12. The first-order chi connectivity index (χ1) is 8.45. The van der Waals surface area contributed by atoms with Gasteiger partial charge in [-0.2, -0.15) is 0 Å². The second-order valence-electron chi connectivity index (χ2n) is 5.71. The molecule has 0 atom stereocenters. The van der Waals surface area contributed by atoms with Crippen LogP contribution in [0.15, 0.2) is 42.6 Å². The number of nitrogens with zero attached hydrogens (tertiary/aromatic N) is 1. The first kappa shape index (κ1) is 12.6. The van der Waals surface area contributed by atoms with E-state index in [0.29, 0.717) is 5.82 Å². The predicted octanol–water partition coefficient (Wildman–Crippen LogP) is 3.55. The van der Waals surface area contributed by atoms with Crippen molar-refractivity contribution in [3.8, 4) is 0 Å². The van der Waals surface area contributed by atoms with Gasteiger partial charge in [0, 0.05) is 6.20 Å². The van der Waals surface area contributed by atoms with Crippen LogP contribution in [0.3, 0.4) is 0 Å². The second kappa shape index (κ2) is 4.81. The van der Waals surface area contributed by atoms with Crippen molar-refractivity contribution < 1.29 is 0 Å². The molecule has 1 heterocycles. The zero-order chi connectivity index (χ0) is 13.2. The molecular formula is C16H20N2. The molecule has 0 unspecified atom stereocenters. The minimum atomic E-state index is 0.208. The molecule has 2 nitrogen and oxygen atoms in total. The number of pyridine rings is 1. The molecule has 0 spiro atoms. The van der Waals surface area contributed by atoms with Crippen molar-refractivity contribution in [3.05, 3.63) is 59.3 Å². The summed E-state index contributed by atoms with van der Waals surface area (Å²) in [4.78, 5) is 4.01. The van der Waals surface area contributed by atoms with Gasteiger partial charge in [-0.25, -0.2) is 4.98 Å². The van der Waals surface area contributed by atoms with Crippen molar-refractivity contribution in [2.24, 2.45) is 0 Å². The van der Waals surface area contributed by atoms with Gasteiger partial charge in [-0.1, -0.05) is 45.0 Å². The zero-order valence-corrected chi connectivity index (χ0v) is 11.3. The van der Waals surface area contributed by atoms with Gasteiger partial charge in [-0.05, 0) is 40.7 Å². The average molecular weight is 240 g/mol. The van der Waals surface area contributed by atoms with Gasteiger partial charge in [0.15, 0.2) is 0 Å². The summed E-state index contributed by atoms with van der Waals surface area (Å²) >= 11 is 0. The van der Waals surface area contributed by atoms with E-state index in [2.05, 4.69) is 50.0 Å². The van der Waals surface area contributed by atoms with Crippen LogP contribution in [0.4, 0.5) is 5.82 Å². The minimum absolute atomic E-state index is 0.208. The monoisotopic (exact) mass is 240 g/mol. The predicted molar refractivity (Wildman–Crippen MR) is 76.6 cm³/mol. The SMILES string of the molecule is CC(C)(C)c1ccc(Cc2ccnc(N)c2)cc1. The highest BCUT2D eigenvalue weighted by molar-refractivity contribution is 5.36. The number of aromatic nitrogens is 1. The summed E-state index contributed by atoms with van der Waals surface area (Å²) in [7, 11) is 0. The highest BCUT2D eigenvalue weighted by Crippen LogP contribution is 2.22. The molecule has 2 aromatic rings. The smallest absolute Gasteiger partial charge is 0.123 e. The Morgan fingerprint density at radius 3 is 2.22 bits per heavy atom. The number of benzene rings is 1. The van der Waals surface area contributed by atoms with Crippen LogP contribution in [0.2, 0.25) is 0 Å². The van der Waals surface area contributed by atoms with Crippen LogP contribution < -0.4 is 5.73 Å². The summed E-state index contributed by atoms with van der Waals surface area (Å²) < 4.78 is 0. The topological polar surface area (TPSA) is 38.9 Å². The molecule has 2 heteroatoms. The fraction of sp³-hybridized carbons (Fsp3) is 0.312. The Balaban J connectivity index is 2.16. The zero-order valence-electron chi connectivity index (χ0n) is 11.3. The van der Waals surface area contributed by atoms with Crippen molar-refractivity contribution >= 4 is 5.82 Å². The third kappa shape index (κ3) is 3.10. The lowest BCUT2D eigenvalue weighted by Crippen LogP contribution is -2.10. The van der Waals surface area contributed by atoms with Crippen molar-refractivity contribution in [2.45, 2.75) is 32.6 Å². The summed E-state index contributed by atoms with van der Waals surface area (Å²) in [6, 6.07) is 12.7. The maximum atomic E-state index is 5.68. The van der Waals surface area contributed by atoms with Gasteiger partial charge < -0.3 is 5.73 Å². The van der Waals surface area contributed by atoms with Crippen molar-refractivity contribution in [2.75, 3.05) is 5.73 Å². The Morgan fingerprint density at radius 2 is 1.67 bits per heavy atom. The summed E-state index contributed by atoms with van der Waals surface area (Å²) in [6.45, 7) is 6.68. The second-order valence-corrected chi connectivity index (χ2v) is 5.71. The number of anilines is 1. The molecule has 0 aliphatic carbocycles. The van der Waals surface area contributed by atoms with Crippen LogP contribution >= 0.6 is 0 Å². The molecule has 18 heavy (non-hydrogen) atoms. The lowest BCUT2D eigenvalue weighted by molar-refractivity contribution is 0.590. The summed E-state index contributed by atoms with van der Waals surface area (Å²) in [6.07, 6.45) is 2.66. The molecule has 0 fully saturated rings. The first-order valence-corrected chi connectivity index (χ1v) is 6.25. The Hall–Kier alpha value is -1.83. The third-order valence-corrected chi connectivity index (χ3v) is 3.07. The van der Waals surface area contributed by atoms with E-state index in [1.807, 2.05) is 12.1 Å². The van der Waals surface area contributed by atoms with Gasteiger partial charge in [0.1, 0.15) is 5.82 Å². The standard InChI is InChI=1S/C16H20N2/c1-16(2,3)14-6-4-12(5-7-14)10-13-8-9-18-15(17)11-13/h4-9,11H,10H2,1-3H3,(H2,17,18). The molecule has 1 aromatic heterocycles. The van der Waals surface area contributed by atoms with Crippen LogP contribution in [-0.2, 0) is 11.8 Å². The van der Waals surface area contributed by atoms with Gasteiger partial charge in [-0.15, -0.1) is 0 Å². The third-order valence-electron chi connectivity index (χ3n) is 3.07. The molecule has 1 aromatic carbocycles. The maximum Gasteiger partial charge on any atom is 0.123 e. The van der Waals surface area contributed by atoms with E-state index >= 15 is 0 Å². The van der Waals surface area contributed by atoms with E-state index in [4.69, 9.17) is 5.73 Å². The summed E-state index contributed by atoms with van der Waals surface area (Å²) in [5.74, 6) is 0.582. The van der Waals surface area contributed by atoms with Crippen molar-refractivity contribution in [3.63, 3.8) is 0 Å². The molecular weight excluding hydrogens is 220 g/mol. The van der Waals surface area contributed by atoms with Crippen LogP contribution in [0.1, 0.15) is 37.5 Å². The molecule has 0 aliphatic rings. The molecule has 0 saturated heterocycles. The molecule has 94 valence electrons. The van der Waals surface area contributed by atoms with Crippen LogP contribution in [0, 0.1) is 0 Å². The van der Waals surface area contributed by atoms with Gasteiger partial charge in [0.2, 0.25) is 0 Å². The largest absolute Gasteiger partial charge is 0.384 e. The van der Waals surface area contributed by atoms with Gasteiger partial charge >= 0.3 is 0 Å². The number of hydrogen-bond donors (Lipinski definition) is 1. The van der Waals surface area contributed by atoms with E-state index in [9.17, 15) is 0 Å². The van der Waals surface area contributed by atoms with Gasteiger partial charge in [0.05, 0.1) is 0 Å². The normalized spacial score (nSPS) is 11.5. The van der Waals surface area contributed by atoms with E-state index in [-0.39, 0.29) is 5.41 Å². The lowest BCUT2D eigenvalue weighted by Gasteiger charge is -2.19. The highest BCUT2D eigenvalue weighted by atomic mass is 14.8. The van der Waals surface area contributed by atoms with Gasteiger partial charge in [-0.3, -0.25) is 0 Å². The van der Waals surface area contributed by atoms with E-state index in [1.54, 1.807) is 6.20 Å². The number of rotatable bonds is 2. The summed E-state index contributed by atoms with van der Waals surface area (Å²) in [5.41, 5.74) is 9.75. The molecule has 0 bridgehead atoms. The average Bonchev–Trinajstić information content (AvgIpc) is 2.28. The first-order valence-electron chi connectivity index (χ1n) is 6.25. The number of hydrogen-bond acceptors (Lipinski definition) is 2. The number of nitrogens with two attached hydrogens (primary N) is 1. The molecule has 0 amide bonds. The molecule has 2 rings (SSSR count). The Kier molecular flexibility index (Phi) is 3.37. The van der Waals surface area contributed by atoms with E-state index < -0.39 is 0 Å². The Bertz CT molecular complexity index is 522. The summed E-state index contributed by atoms with van der Waals surface area (Å²) in [5, 5.41) is 0. The fourth-order valence-electron chi connectivity index (χ4n) is 1.96. The molecule has 2 N–H and O–H groups in total. The van der Waals surface area contributed by atoms with E-state index in [1.165, 1.54) is 16.7 Å². The van der Waals surface area contributed by atoms with Crippen LogP contribution in [-0.4, -0.2) is 4.98 Å². The molecule has 0 radical (unpaired) electrons. The quantitative estimate of drug-likeness (QED) is 0.871. The Labute approximate surface area is 109 Å². The minimum Gasteiger partial charge on any atom is -0.384 e. The van der Waals surface area contributed by atoms with Crippen molar-refractivity contribution in [1.82, 2.24) is 4.98 Å². The van der Waals surface area contributed by atoms with E-state index in [0.717, 1.165) is 6.42 Å². The van der Waals surface area contributed by atoms with Crippen molar-refractivity contribution in [1.29, 1.82) is 0 Å². The maximum absolute atomic E-state index is 5.68. The lowest BCUT2D eigenvalue weighted by atomic mass is 9.86. The number of nitrogen functional groups attached to an aromatic ring is 1. The molecule has 0 saturated carbocycles. The van der Waals surface area contributed by atoms with Gasteiger partial charge in [0.25, 0.3) is 0 Å². The van der Waals surface area contributed by atoms with Crippen LogP contribution in [0.5, 0.6) is 0 Å².